The van der Waals surface area contributed by atoms with E-state index in [1.165, 1.54) is 6.42 Å². The highest BCUT2D eigenvalue weighted by molar-refractivity contribution is 6.22. The summed E-state index contributed by atoms with van der Waals surface area (Å²) in [5.41, 5.74) is 0. The zero-order valence-corrected chi connectivity index (χ0v) is 8.98. The van der Waals surface area contributed by atoms with Gasteiger partial charge in [-0.3, -0.25) is 9.79 Å². The molecule has 1 atom stereocenters. The zero-order chi connectivity index (χ0) is 11.3. The molecule has 0 amide bonds. The standard InChI is InChI=1S/C11H17NO3/c1-8(12-7-10(13)14)11(15)9-5-3-2-4-6-9/h7-9H,2-6H2,1H3,(H,13,14). The summed E-state index contributed by atoms with van der Waals surface area (Å²) >= 11 is 0. The van der Waals surface area contributed by atoms with Gasteiger partial charge in [-0.05, 0) is 19.8 Å². The van der Waals surface area contributed by atoms with Crippen LogP contribution in [0.4, 0.5) is 0 Å². The Morgan fingerprint density at radius 2 is 1.93 bits per heavy atom. The molecular weight excluding hydrogens is 194 g/mol. The smallest absolute Gasteiger partial charge is 0.346 e. The maximum atomic E-state index is 11.8. The van der Waals surface area contributed by atoms with Crippen molar-refractivity contribution in [3.05, 3.63) is 0 Å². The minimum absolute atomic E-state index is 0.0900. The molecular formula is C11H17NO3. The molecule has 1 N–H and O–H groups in total. The fraction of sp³-hybridized carbons (Fsp3) is 0.727. The summed E-state index contributed by atoms with van der Waals surface area (Å²) in [6, 6.07) is -0.510. The van der Waals surface area contributed by atoms with Crippen LogP contribution < -0.4 is 0 Å². The number of carbonyl (C=O) groups excluding carboxylic acids is 1. The third-order valence-corrected chi connectivity index (χ3v) is 2.83. The maximum absolute atomic E-state index is 11.8. The second-order valence-corrected chi connectivity index (χ2v) is 4.03. The molecule has 4 nitrogen and oxygen atoms in total. The van der Waals surface area contributed by atoms with E-state index < -0.39 is 12.0 Å². The summed E-state index contributed by atoms with van der Waals surface area (Å²) in [6.07, 6.45) is 6.09. The first-order valence-electron chi connectivity index (χ1n) is 5.41. The van der Waals surface area contributed by atoms with Gasteiger partial charge in [0.1, 0.15) is 12.3 Å². The van der Waals surface area contributed by atoms with Gasteiger partial charge in [0, 0.05) is 5.92 Å². The monoisotopic (exact) mass is 211 g/mol. The van der Waals surface area contributed by atoms with E-state index in [0.29, 0.717) is 0 Å². The third-order valence-electron chi connectivity index (χ3n) is 2.83. The number of carbonyl (C=O) groups is 2. The largest absolute Gasteiger partial charge is 0.477 e. The number of carboxylic acids is 1. The number of Topliss-reactive ketones (excluding diaryl/α,β-unsaturated/α-hetero) is 1. The summed E-state index contributed by atoms with van der Waals surface area (Å²) < 4.78 is 0. The summed E-state index contributed by atoms with van der Waals surface area (Å²) in [5.74, 6) is -0.912. The molecule has 15 heavy (non-hydrogen) atoms. The van der Waals surface area contributed by atoms with Gasteiger partial charge in [-0.2, -0.15) is 0 Å². The van der Waals surface area contributed by atoms with Crippen LogP contribution in [0.1, 0.15) is 39.0 Å². The van der Waals surface area contributed by atoms with Crippen molar-refractivity contribution < 1.29 is 14.7 Å². The van der Waals surface area contributed by atoms with Gasteiger partial charge in [-0.25, -0.2) is 4.79 Å². The quantitative estimate of drug-likeness (QED) is 0.719. The van der Waals surface area contributed by atoms with E-state index in [-0.39, 0.29) is 11.7 Å². The summed E-state index contributed by atoms with van der Waals surface area (Å²) in [7, 11) is 0. The Morgan fingerprint density at radius 3 is 2.47 bits per heavy atom. The van der Waals surface area contributed by atoms with Crippen LogP contribution in [-0.2, 0) is 9.59 Å². The first kappa shape index (κ1) is 11.9. The Balaban J connectivity index is 2.47. The molecule has 0 saturated heterocycles. The first-order valence-corrected chi connectivity index (χ1v) is 5.41. The Morgan fingerprint density at radius 1 is 1.33 bits per heavy atom. The number of aliphatic carboxylic acids is 1. The van der Waals surface area contributed by atoms with Crippen molar-refractivity contribution in [3.8, 4) is 0 Å². The van der Waals surface area contributed by atoms with E-state index in [1.54, 1.807) is 6.92 Å². The van der Waals surface area contributed by atoms with E-state index in [2.05, 4.69) is 4.99 Å². The molecule has 1 fully saturated rings. The fourth-order valence-corrected chi connectivity index (χ4v) is 1.98. The van der Waals surface area contributed by atoms with Gasteiger partial charge >= 0.3 is 5.97 Å². The van der Waals surface area contributed by atoms with Crippen molar-refractivity contribution in [2.75, 3.05) is 0 Å². The van der Waals surface area contributed by atoms with Crippen molar-refractivity contribution in [3.63, 3.8) is 0 Å². The number of rotatable bonds is 4. The van der Waals surface area contributed by atoms with Gasteiger partial charge in [0.15, 0.2) is 5.78 Å². The molecule has 0 aromatic heterocycles. The molecule has 0 bridgehead atoms. The number of nitrogens with zero attached hydrogens (tertiary/aromatic N) is 1. The molecule has 84 valence electrons. The van der Waals surface area contributed by atoms with E-state index in [4.69, 9.17) is 5.11 Å². The van der Waals surface area contributed by atoms with Crippen LogP contribution in [0.3, 0.4) is 0 Å². The highest BCUT2D eigenvalue weighted by Crippen LogP contribution is 2.25. The minimum Gasteiger partial charge on any atom is -0.477 e. The molecule has 1 rings (SSSR count). The van der Waals surface area contributed by atoms with Crippen molar-refractivity contribution in [2.45, 2.75) is 45.1 Å². The highest BCUT2D eigenvalue weighted by Gasteiger charge is 2.24. The molecule has 0 aromatic rings. The van der Waals surface area contributed by atoms with Gasteiger partial charge in [0.25, 0.3) is 0 Å². The minimum atomic E-state index is -1.10. The molecule has 0 spiro atoms. The molecule has 1 aliphatic rings. The van der Waals surface area contributed by atoms with Gasteiger partial charge in [-0.15, -0.1) is 0 Å². The van der Waals surface area contributed by atoms with Crippen molar-refractivity contribution in [1.82, 2.24) is 0 Å². The number of ketones is 1. The van der Waals surface area contributed by atoms with Gasteiger partial charge < -0.3 is 5.11 Å². The summed E-state index contributed by atoms with van der Waals surface area (Å²) in [4.78, 5) is 25.8. The molecule has 4 heteroatoms. The second kappa shape index (κ2) is 5.63. The number of carboxylic acid groups (broad SMARTS) is 1. The van der Waals surface area contributed by atoms with Crippen LogP contribution >= 0.6 is 0 Å². The molecule has 1 unspecified atom stereocenters. The molecule has 0 aliphatic heterocycles. The number of hydrogen-bond acceptors (Lipinski definition) is 3. The Labute approximate surface area is 89.4 Å². The second-order valence-electron chi connectivity index (χ2n) is 4.03. The average Bonchev–Trinajstić information content (AvgIpc) is 2.26. The van der Waals surface area contributed by atoms with E-state index in [9.17, 15) is 9.59 Å². The lowest BCUT2D eigenvalue weighted by molar-refractivity contribution is -0.128. The SMILES string of the molecule is CC(N=CC(=O)O)C(=O)C1CCCCC1. The topological polar surface area (TPSA) is 66.7 Å². The fourth-order valence-electron chi connectivity index (χ4n) is 1.98. The van der Waals surface area contributed by atoms with Crippen LogP contribution in [0.25, 0.3) is 0 Å². The van der Waals surface area contributed by atoms with Gasteiger partial charge in [0.2, 0.25) is 0 Å². The van der Waals surface area contributed by atoms with Crippen molar-refractivity contribution >= 4 is 18.0 Å². The van der Waals surface area contributed by atoms with Crippen LogP contribution in [-0.4, -0.2) is 29.1 Å². The predicted molar refractivity (Wildman–Crippen MR) is 57.2 cm³/mol. The lowest BCUT2D eigenvalue weighted by Gasteiger charge is -2.21. The summed E-state index contributed by atoms with van der Waals surface area (Å²) in [5, 5.41) is 8.39. The average molecular weight is 211 g/mol. The Bertz CT molecular complexity index is 267. The normalized spacial score (nSPS) is 20.3. The van der Waals surface area contributed by atoms with Crippen molar-refractivity contribution in [1.29, 1.82) is 0 Å². The number of aliphatic imine (C=N–C) groups is 1. The summed E-state index contributed by atoms with van der Waals surface area (Å²) in [6.45, 7) is 1.66. The van der Waals surface area contributed by atoms with Crippen molar-refractivity contribution in [2.24, 2.45) is 10.9 Å². The Kier molecular flexibility index (Phi) is 4.46. The molecule has 0 heterocycles. The van der Waals surface area contributed by atoms with Crippen LogP contribution in [0.5, 0.6) is 0 Å². The molecule has 0 aromatic carbocycles. The third kappa shape index (κ3) is 3.81. The lowest BCUT2D eigenvalue weighted by atomic mass is 9.84. The number of hydrogen-bond donors (Lipinski definition) is 1. The maximum Gasteiger partial charge on any atom is 0.346 e. The van der Waals surface area contributed by atoms with E-state index in [1.807, 2.05) is 0 Å². The Hall–Kier alpha value is -1.19. The lowest BCUT2D eigenvalue weighted by Crippen LogP contribution is -2.26. The zero-order valence-electron chi connectivity index (χ0n) is 8.98. The first-order chi connectivity index (χ1) is 7.11. The van der Waals surface area contributed by atoms with Crippen LogP contribution in [0.2, 0.25) is 0 Å². The predicted octanol–water partition coefficient (Wildman–Crippen LogP) is 1.68. The molecule has 0 radical (unpaired) electrons. The van der Waals surface area contributed by atoms with E-state index >= 15 is 0 Å². The highest BCUT2D eigenvalue weighted by atomic mass is 16.4. The van der Waals surface area contributed by atoms with Gasteiger partial charge in [-0.1, -0.05) is 19.3 Å². The van der Waals surface area contributed by atoms with Crippen LogP contribution in [0.15, 0.2) is 4.99 Å². The molecule has 1 saturated carbocycles. The van der Waals surface area contributed by atoms with E-state index in [0.717, 1.165) is 31.9 Å². The van der Waals surface area contributed by atoms with Crippen LogP contribution in [0, 0.1) is 5.92 Å². The van der Waals surface area contributed by atoms with Gasteiger partial charge in [0.05, 0.1) is 0 Å². The molecule has 1 aliphatic carbocycles.